The van der Waals surface area contributed by atoms with Crippen molar-refractivity contribution in [2.75, 3.05) is 27.8 Å². The van der Waals surface area contributed by atoms with E-state index < -0.39 is 0 Å². The van der Waals surface area contributed by atoms with Crippen LogP contribution in [0.2, 0.25) is 0 Å². The molecule has 3 nitrogen and oxygen atoms in total. The molecule has 0 spiro atoms. The monoisotopic (exact) mass is 213 g/mol. The van der Waals surface area contributed by atoms with Gasteiger partial charge in [-0.2, -0.15) is 0 Å². The van der Waals surface area contributed by atoms with Crippen LogP contribution < -0.4 is 10.1 Å². The van der Waals surface area contributed by atoms with E-state index in [2.05, 4.69) is 5.32 Å². The number of rotatable bonds is 5. The van der Waals surface area contributed by atoms with Crippen molar-refractivity contribution in [1.29, 1.82) is 0 Å². The average molecular weight is 213 g/mol. The fraction of sp³-hybridized carbons (Fsp3) is 0.455. The quantitative estimate of drug-likeness (QED) is 0.808. The molecule has 1 unspecified atom stereocenters. The minimum atomic E-state index is -0.288. The highest BCUT2D eigenvalue weighted by Crippen LogP contribution is 2.27. The third kappa shape index (κ3) is 2.91. The van der Waals surface area contributed by atoms with Crippen molar-refractivity contribution < 1.29 is 13.9 Å². The summed E-state index contributed by atoms with van der Waals surface area (Å²) in [5.41, 5.74) is 0.717. The van der Waals surface area contributed by atoms with Crippen molar-refractivity contribution in [3.8, 4) is 5.75 Å². The predicted molar refractivity (Wildman–Crippen MR) is 56.6 cm³/mol. The first-order chi connectivity index (χ1) is 7.22. The lowest BCUT2D eigenvalue weighted by Crippen LogP contribution is -2.19. The Morgan fingerprint density at radius 1 is 1.40 bits per heavy atom. The molecule has 0 aliphatic carbocycles. The van der Waals surface area contributed by atoms with Crippen molar-refractivity contribution in [1.82, 2.24) is 5.32 Å². The summed E-state index contributed by atoms with van der Waals surface area (Å²) in [5.74, 6) is 0.349. The van der Waals surface area contributed by atoms with Gasteiger partial charge in [0.25, 0.3) is 0 Å². The standard InChI is InChI=1S/C11H16FNO2/c1-13-7-11(15-3)9-6-8(12)4-5-10(9)14-2/h4-6,11,13H,7H2,1-3H3. The van der Waals surface area contributed by atoms with E-state index in [0.29, 0.717) is 17.9 Å². The van der Waals surface area contributed by atoms with Crippen LogP contribution >= 0.6 is 0 Å². The van der Waals surface area contributed by atoms with E-state index in [1.165, 1.54) is 12.1 Å². The maximum absolute atomic E-state index is 13.1. The molecule has 1 N–H and O–H groups in total. The van der Waals surface area contributed by atoms with Crippen LogP contribution in [0.1, 0.15) is 11.7 Å². The molecule has 1 rings (SSSR count). The van der Waals surface area contributed by atoms with Crippen LogP contribution in [0.15, 0.2) is 18.2 Å². The average Bonchev–Trinajstić information content (AvgIpc) is 2.26. The number of nitrogens with one attached hydrogen (secondary N) is 1. The van der Waals surface area contributed by atoms with Crippen LogP contribution in [0, 0.1) is 5.82 Å². The number of hydrogen-bond acceptors (Lipinski definition) is 3. The number of benzene rings is 1. The highest BCUT2D eigenvalue weighted by Gasteiger charge is 2.15. The van der Waals surface area contributed by atoms with Gasteiger partial charge in [0.05, 0.1) is 13.2 Å². The Morgan fingerprint density at radius 2 is 2.13 bits per heavy atom. The molecule has 0 amide bonds. The summed E-state index contributed by atoms with van der Waals surface area (Å²) in [7, 11) is 4.97. The molecule has 4 heteroatoms. The third-order valence-electron chi connectivity index (χ3n) is 2.21. The van der Waals surface area contributed by atoms with E-state index >= 15 is 0 Å². The van der Waals surface area contributed by atoms with Crippen molar-refractivity contribution in [2.24, 2.45) is 0 Å². The third-order valence-corrected chi connectivity index (χ3v) is 2.21. The second-order valence-electron chi connectivity index (χ2n) is 3.17. The molecule has 0 aliphatic rings. The molecule has 0 aromatic heterocycles. The van der Waals surface area contributed by atoms with Gasteiger partial charge >= 0.3 is 0 Å². The minimum absolute atomic E-state index is 0.208. The largest absolute Gasteiger partial charge is 0.496 e. The fourth-order valence-corrected chi connectivity index (χ4v) is 1.46. The molecule has 15 heavy (non-hydrogen) atoms. The van der Waals surface area contributed by atoms with Gasteiger partial charge in [0.15, 0.2) is 0 Å². The summed E-state index contributed by atoms with van der Waals surface area (Å²) in [6.45, 7) is 0.607. The summed E-state index contributed by atoms with van der Waals surface area (Å²) < 4.78 is 23.5. The molecule has 0 fully saturated rings. The molecule has 1 aromatic rings. The Hall–Kier alpha value is -1.13. The van der Waals surface area contributed by atoms with Gasteiger partial charge in [0.2, 0.25) is 0 Å². The van der Waals surface area contributed by atoms with Crippen molar-refractivity contribution in [2.45, 2.75) is 6.10 Å². The summed E-state index contributed by atoms with van der Waals surface area (Å²) in [6, 6.07) is 4.41. The second kappa shape index (κ2) is 5.68. The van der Waals surface area contributed by atoms with Crippen molar-refractivity contribution in [3.63, 3.8) is 0 Å². The number of likely N-dealkylation sites (N-methyl/N-ethyl adjacent to an activating group) is 1. The van der Waals surface area contributed by atoms with Gasteiger partial charge in [-0.05, 0) is 25.2 Å². The second-order valence-corrected chi connectivity index (χ2v) is 3.17. The van der Waals surface area contributed by atoms with Crippen LogP contribution in [-0.4, -0.2) is 27.8 Å². The lowest BCUT2D eigenvalue weighted by molar-refractivity contribution is 0.101. The summed E-state index contributed by atoms with van der Waals surface area (Å²) in [4.78, 5) is 0. The minimum Gasteiger partial charge on any atom is -0.496 e. The smallest absolute Gasteiger partial charge is 0.124 e. The highest BCUT2D eigenvalue weighted by atomic mass is 19.1. The summed E-state index contributed by atoms with van der Waals surface area (Å²) in [6.07, 6.45) is -0.208. The molecule has 0 saturated heterocycles. The first-order valence-electron chi connectivity index (χ1n) is 4.73. The van der Waals surface area contributed by atoms with Gasteiger partial charge in [0, 0.05) is 19.2 Å². The number of halogens is 1. The highest BCUT2D eigenvalue weighted by molar-refractivity contribution is 5.36. The zero-order chi connectivity index (χ0) is 11.3. The Morgan fingerprint density at radius 3 is 2.67 bits per heavy atom. The Bertz CT molecular complexity index is 317. The molecule has 84 valence electrons. The first-order valence-corrected chi connectivity index (χ1v) is 4.73. The molecule has 0 bridgehead atoms. The van der Waals surface area contributed by atoms with E-state index in [9.17, 15) is 4.39 Å². The van der Waals surface area contributed by atoms with Crippen LogP contribution in [0.3, 0.4) is 0 Å². The molecule has 1 atom stereocenters. The summed E-state index contributed by atoms with van der Waals surface area (Å²) in [5, 5.41) is 2.98. The molecule has 0 aliphatic heterocycles. The Balaban J connectivity index is 3.02. The fourth-order valence-electron chi connectivity index (χ4n) is 1.46. The van der Waals surface area contributed by atoms with Gasteiger partial charge in [0.1, 0.15) is 11.6 Å². The van der Waals surface area contributed by atoms with E-state index in [0.717, 1.165) is 0 Å². The summed E-state index contributed by atoms with van der Waals surface area (Å²) >= 11 is 0. The molecule has 0 heterocycles. The van der Waals surface area contributed by atoms with Crippen molar-refractivity contribution in [3.05, 3.63) is 29.6 Å². The molecular formula is C11H16FNO2. The van der Waals surface area contributed by atoms with Gasteiger partial charge in [-0.1, -0.05) is 0 Å². The number of methoxy groups -OCH3 is 2. The number of ether oxygens (including phenoxy) is 2. The molecule has 0 saturated carbocycles. The molecule has 0 radical (unpaired) electrons. The van der Waals surface area contributed by atoms with Crippen LogP contribution in [0.4, 0.5) is 4.39 Å². The van der Waals surface area contributed by atoms with Gasteiger partial charge in [-0.25, -0.2) is 4.39 Å². The van der Waals surface area contributed by atoms with Gasteiger partial charge in [-0.3, -0.25) is 0 Å². The zero-order valence-electron chi connectivity index (χ0n) is 9.21. The molecule has 1 aromatic carbocycles. The zero-order valence-corrected chi connectivity index (χ0v) is 9.21. The van der Waals surface area contributed by atoms with Crippen molar-refractivity contribution >= 4 is 0 Å². The van der Waals surface area contributed by atoms with Gasteiger partial charge in [-0.15, -0.1) is 0 Å². The van der Waals surface area contributed by atoms with Crippen LogP contribution in [0.25, 0.3) is 0 Å². The lowest BCUT2D eigenvalue weighted by atomic mass is 10.1. The van der Waals surface area contributed by atoms with Gasteiger partial charge < -0.3 is 14.8 Å². The Labute approximate surface area is 89.2 Å². The van der Waals surface area contributed by atoms with E-state index in [1.54, 1.807) is 20.3 Å². The Kier molecular flexibility index (Phi) is 4.52. The topological polar surface area (TPSA) is 30.5 Å². The van der Waals surface area contributed by atoms with E-state index in [4.69, 9.17) is 9.47 Å². The SMILES string of the molecule is CNCC(OC)c1cc(F)ccc1OC. The number of hydrogen-bond donors (Lipinski definition) is 1. The van der Waals surface area contributed by atoms with Crippen LogP contribution in [-0.2, 0) is 4.74 Å². The maximum atomic E-state index is 13.1. The van der Waals surface area contributed by atoms with E-state index in [1.807, 2.05) is 7.05 Å². The normalized spacial score (nSPS) is 12.5. The molecular weight excluding hydrogens is 197 g/mol. The predicted octanol–water partition coefficient (Wildman–Crippen LogP) is 1.74. The van der Waals surface area contributed by atoms with Crippen LogP contribution in [0.5, 0.6) is 5.75 Å². The van der Waals surface area contributed by atoms with E-state index in [-0.39, 0.29) is 11.9 Å². The lowest BCUT2D eigenvalue weighted by Gasteiger charge is -2.18. The maximum Gasteiger partial charge on any atom is 0.124 e. The first kappa shape index (κ1) is 11.9.